The zero-order valence-corrected chi connectivity index (χ0v) is 14.5. The summed E-state index contributed by atoms with van der Waals surface area (Å²) in [6.07, 6.45) is 4.90. The van der Waals surface area contributed by atoms with Gasteiger partial charge in [0.2, 0.25) is 0 Å². The first-order valence-corrected chi connectivity index (χ1v) is 9.33. The molecule has 2 aromatic heterocycles. The van der Waals surface area contributed by atoms with Crippen molar-refractivity contribution in [3.8, 4) is 0 Å². The van der Waals surface area contributed by atoms with Gasteiger partial charge in [0.25, 0.3) is 0 Å². The molecule has 4 nitrogen and oxygen atoms in total. The van der Waals surface area contributed by atoms with E-state index >= 15 is 0 Å². The van der Waals surface area contributed by atoms with Crippen molar-refractivity contribution in [3.63, 3.8) is 0 Å². The maximum atomic E-state index is 5.72. The van der Waals surface area contributed by atoms with Gasteiger partial charge >= 0.3 is 0 Å². The molecule has 3 heterocycles. The molecule has 0 radical (unpaired) electrons. The Kier molecular flexibility index (Phi) is 4.59. The van der Waals surface area contributed by atoms with Crippen molar-refractivity contribution >= 4 is 28.1 Å². The van der Waals surface area contributed by atoms with Crippen LogP contribution in [0.1, 0.15) is 39.3 Å². The second kappa shape index (κ2) is 6.28. The summed E-state index contributed by atoms with van der Waals surface area (Å²) < 4.78 is 7.93. The number of imidazole rings is 1. The fourth-order valence-electron chi connectivity index (χ4n) is 2.39. The van der Waals surface area contributed by atoms with Crippen molar-refractivity contribution in [2.24, 2.45) is 0 Å². The Balaban J connectivity index is 1.74. The van der Waals surface area contributed by atoms with Crippen LogP contribution in [0.25, 0.3) is 4.96 Å². The molecule has 3 rings (SSSR count). The lowest BCUT2D eigenvalue weighted by Gasteiger charge is -2.20. The third kappa shape index (κ3) is 3.80. The van der Waals surface area contributed by atoms with Crippen LogP contribution >= 0.6 is 23.1 Å². The molecule has 0 aromatic carbocycles. The molecule has 1 N–H and O–H groups in total. The van der Waals surface area contributed by atoms with Crippen LogP contribution in [0.15, 0.2) is 16.6 Å². The predicted octanol–water partition coefficient (Wildman–Crippen LogP) is 3.56. The van der Waals surface area contributed by atoms with Crippen LogP contribution < -0.4 is 5.32 Å². The molecule has 0 spiro atoms. The highest BCUT2D eigenvalue weighted by Crippen LogP contribution is 2.29. The molecular formula is C15H23N3OS2. The van der Waals surface area contributed by atoms with E-state index in [9.17, 15) is 0 Å². The monoisotopic (exact) mass is 325 g/mol. The van der Waals surface area contributed by atoms with Crippen LogP contribution in [-0.2, 0) is 11.3 Å². The normalized spacial score (nSPS) is 19.7. The van der Waals surface area contributed by atoms with Crippen LogP contribution in [0.2, 0.25) is 0 Å². The zero-order valence-electron chi connectivity index (χ0n) is 12.9. The first-order chi connectivity index (χ1) is 10.0. The minimum absolute atomic E-state index is 0.108. The first kappa shape index (κ1) is 15.3. The summed E-state index contributed by atoms with van der Waals surface area (Å²) in [5.41, 5.74) is 1.38. The number of thioether (sulfide) groups is 1. The fraction of sp³-hybridized carbons (Fsp3) is 0.667. The number of aromatic nitrogens is 2. The lowest BCUT2D eigenvalue weighted by Crippen LogP contribution is -2.35. The summed E-state index contributed by atoms with van der Waals surface area (Å²) in [7, 11) is 0. The van der Waals surface area contributed by atoms with Gasteiger partial charge in [0.05, 0.1) is 11.8 Å². The molecule has 116 valence electrons. The summed E-state index contributed by atoms with van der Waals surface area (Å²) in [5.74, 6) is 1.01. The Morgan fingerprint density at radius 1 is 1.52 bits per heavy atom. The highest BCUT2D eigenvalue weighted by atomic mass is 32.2. The number of hydrogen-bond acceptors (Lipinski definition) is 5. The van der Waals surface area contributed by atoms with Gasteiger partial charge in [-0.25, -0.2) is 4.98 Å². The van der Waals surface area contributed by atoms with Crippen LogP contribution in [-0.4, -0.2) is 33.4 Å². The second-order valence-electron chi connectivity index (χ2n) is 6.47. The van der Waals surface area contributed by atoms with E-state index in [2.05, 4.69) is 42.1 Å². The van der Waals surface area contributed by atoms with E-state index in [1.54, 1.807) is 11.3 Å². The van der Waals surface area contributed by atoms with E-state index in [0.29, 0.717) is 6.10 Å². The number of nitrogens with zero attached hydrogens (tertiary/aromatic N) is 2. The van der Waals surface area contributed by atoms with Gasteiger partial charge in [-0.2, -0.15) is 0 Å². The predicted molar refractivity (Wildman–Crippen MR) is 89.4 cm³/mol. The minimum atomic E-state index is 0.108. The SMILES string of the molecule is CC(C)(C)NCc1c(SCC2CCCO2)nc2sccn12. The van der Waals surface area contributed by atoms with Crippen molar-refractivity contribution in [3.05, 3.63) is 17.3 Å². The molecule has 2 aromatic rings. The standard InChI is InChI=1S/C15H23N3OS2/c1-15(2,3)16-9-12-13(17-14-18(12)6-8-20-14)21-10-11-5-4-7-19-11/h6,8,11,16H,4-5,7,9-10H2,1-3H3. The average molecular weight is 326 g/mol. The summed E-state index contributed by atoms with van der Waals surface area (Å²) in [6, 6.07) is 0. The number of fused-ring (bicyclic) bond motifs is 1. The maximum absolute atomic E-state index is 5.72. The number of nitrogens with one attached hydrogen (secondary N) is 1. The molecule has 1 unspecified atom stereocenters. The van der Waals surface area contributed by atoms with Crippen LogP contribution in [0.3, 0.4) is 0 Å². The summed E-state index contributed by atoms with van der Waals surface area (Å²) in [5, 5.41) is 6.82. The summed E-state index contributed by atoms with van der Waals surface area (Å²) in [4.78, 5) is 5.86. The lowest BCUT2D eigenvalue weighted by atomic mass is 10.1. The molecule has 21 heavy (non-hydrogen) atoms. The van der Waals surface area contributed by atoms with Gasteiger partial charge in [-0.1, -0.05) is 0 Å². The van der Waals surface area contributed by atoms with Crippen molar-refractivity contribution in [1.29, 1.82) is 0 Å². The van der Waals surface area contributed by atoms with Gasteiger partial charge in [-0.05, 0) is 33.6 Å². The van der Waals surface area contributed by atoms with E-state index < -0.39 is 0 Å². The van der Waals surface area contributed by atoms with Gasteiger partial charge in [0.15, 0.2) is 4.96 Å². The summed E-state index contributed by atoms with van der Waals surface area (Å²) in [6.45, 7) is 8.34. The quantitative estimate of drug-likeness (QED) is 0.853. The second-order valence-corrected chi connectivity index (χ2v) is 8.35. The molecule has 6 heteroatoms. The van der Waals surface area contributed by atoms with Crippen LogP contribution in [0, 0.1) is 0 Å². The summed E-state index contributed by atoms with van der Waals surface area (Å²) >= 11 is 3.53. The third-order valence-corrected chi connectivity index (χ3v) is 5.44. The third-order valence-electron chi connectivity index (χ3n) is 3.54. The Labute approximate surface area is 134 Å². The molecular weight excluding hydrogens is 302 g/mol. The average Bonchev–Trinajstić information content (AvgIpc) is 3.10. The van der Waals surface area contributed by atoms with E-state index in [1.807, 2.05) is 11.8 Å². The number of hydrogen-bond donors (Lipinski definition) is 1. The lowest BCUT2D eigenvalue weighted by molar-refractivity contribution is 0.129. The maximum Gasteiger partial charge on any atom is 0.194 e. The number of thiazole rings is 1. The van der Waals surface area contributed by atoms with E-state index in [-0.39, 0.29) is 5.54 Å². The molecule has 1 saturated heterocycles. The number of rotatable bonds is 5. The topological polar surface area (TPSA) is 38.6 Å². The van der Waals surface area contributed by atoms with Crippen molar-refractivity contribution in [2.45, 2.75) is 56.8 Å². The Morgan fingerprint density at radius 2 is 2.38 bits per heavy atom. The van der Waals surface area contributed by atoms with Crippen molar-refractivity contribution < 1.29 is 4.74 Å². The van der Waals surface area contributed by atoms with Crippen molar-refractivity contribution in [1.82, 2.24) is 14.7 Å². The van der Waals surface area contributed by atoms with Gasteiger partial charge in [-0.15, -0.1) is 23.1 Å². The molecule has 1 fully saturated rings. The highest BCUT2D eigenvalue weighted by molar-refractivity contribution is 7.99. The Hall–Kier alpha value is -0.560. The van der Waals surface area contributed by atoms with Gasteiger partial charge < -0.3 is 10.1 Å². The number of ether oxygens (including phenoxy) is 1. The van der Waals surface area contributed by atoms with Crippen LogP contribution in [0.5, 0.6) is 0 Å². The highest BCUT2D eigenvalue weighted by Gasteiger charge is 2.20. The molecule has 0 saturated carbocycles. The Morgan fingerprint density at radius 3 is 3.10 bits per heavy atom. The molecule has 0 amide bonds. The van der Waals surface area contributed by atoms with Crippen LogP contribution in [0.4, 0.5) is 0 Å². The molecule has 0 aliphatic carbocycles. The molecule has 1 aliphatic rings. The largest absolute Gasteiger partial charge is 0.377 e. The van der Waals surface area contributed by atoms with Gasteiger partial charge in [-0.3, -0.25) is 4.40 Å². The first-order valence-electron chi connectivity index (χ1n) is 7.47. The Bertz CT molecular complexity index is 594. The fourth-order valence-corrected chi connectivity index (χ4v) is 4.27. The molecule has 1 aliphatic heterocycles. The van der Waals surface area contributed by atoms with Gasteiger partial charge in [0.1, 0.15) is 5.03 Å². The minimum Gasteiger partial charge on any atom is -0.377 e. The smallest absolute Gasteiger partial charge is 0.194 e. The van der Waals surface area contributed by atoms with E-state index in [4.69, 9.17) is 9.72 Å². The van der Waals surface area contributed by atoms with E-state index in [0.717, 1.165) is 28.9 Å². The molecule has 0 bridgehead atoms. The van der Waals surface area contributed by atoms with E-state index in [1.165, 1.54) is 18.5 Å². The molecule has 1 atom stereocenters. The zero-order chi connectivity index (χ0) is 14.9. The van der Waals surface area contributed by atoms with Gasteiger partial charge in [0, 0.05) is 36.0 Å². The van der Waals surface area contributed by atoms with Crippen molar-refractivity contribution in [2.75, 3.05) is 12.4 Å².